The van der Waals surface area contributed by atoms with Crippen LogP contribution < -0.4 is 4.74 Å². The van der Waals surface area contributed by atoms with Gasteiger partial charge in [0, 0.05) is 17.7 Å². The smallest absolute Gasteiger partial charge is 0.128 e. The molecule has 2 aromatic rings. The summed E-state index contributed by atoms with van der Waals surface area (Å²) in [4.78, 5) is 0. The van der Waals surface area contributed by atoms with E-state index in [0.29, 0.717) is 11.3 Å². The lowest BCUT2D eigenvalue weighted by Crippen LogP contribution is -2.17. The predicted molar refractivity (Wildman–Crippen MR) is 74.3 cm³/mol. The number of hydrogen-bond acceptors (Lipinski definition) is 4. The molecule has 1 aliphatic rings. The van der Waals surface area contributed by atoms with Crippen LogP contribution in [0.25, 0.3) is 0 Å². The van der Waals surface area contributed by atoms with E-state index in [9.17, 15) is 15.3 Å². The number of ether oxygens (including phenoxy) is 1. The minimum atomic E-state index is -0.292. The number of hydrogen-bond donors (Lipinski definition) is 3. The molecule has 3 rings (SSSR count). The van der Waals surface area contributed by atoms with E-state index in [1.165, 1.54) is 12.1 Å². The minimum absolute atomic E-state index is 0.0193. The molecular formula is C16H16O4. The van der Waals surface area contributed by atoms with Crippen LogP contribution in [0, 0.1) is 0 Å². The van der Waals surface area contributed by atoms with Crippen LogP contribution >= 0.6 is 0 Å². The van der Waals surface area contributed by atoms with E-state index in [1.807, 2.05) is 6.07 Å². The summed E-state index contributed by atoms with van der Waals surface area (Å²) >= 11 is 0. The number of rotatable bonds is 1. The lowest BCUT2D eigenvalue weighted by molar-refractivity contribution is 0.160. The van der Waals surface area contributed by atoms with Crippen molar-refractivity contribution in [2.45, 2.75) is 25.4 Å². The van der Waals surface area contributed by atoms with Gasteiger partial charge >= 0.3 is 0 Å². The first-order chi connectivity index (χ1) is 9.54. The second-order valence-corrected chi connectivity index (χ2v) is 5.21. The molecule has 20 heavy (non-hydrogen) atoms. The van der Waals surface area contributed by atoms with Crippen molar-refractivity contribution < 1.29 is 20.1 Å². The number of phenolic OH excluding ortho intramolecular Hbond substituents is 3. The third kappa shape index (κ3) is 2.13. The van der Waals surface area contributed by atoms with Gasteiger partial charge in [-0.25, -0.2) is 0 Å². The Kier molecular flexibility index (Phi) is 2.93. The van der Waals surface area contributed by atoms with Crippen LogP contribution in [0.2, 0.25) is 0 Å². The fourth-order valence-electron chi connectivity index (χ4n) is 2.68. The van der Waals surface area contributed by atoms with Gasteiger partial charge < -0.3 is 20.1 Å². The normalized spacial score (nSPS) is 21.1. The number of fused-ring (bicyclic) bond motifs is 1. The molecule has 0 aromatic heterocycles. The lowest BCUT2D eigenvalue weighted by atomic mass is 9.88. The van der Waals surface area contributed by atoms with Crippen molar-refractivity contribution in [3.63, 3.8) is 0 Å². The maximum Gasteiger partial charge on any atom is 0.128 e. The van der Waals surface area contributed by atoms with Crippen LogP contribution in [0.5, 0.6) is 23.0 Å². The summed E-state index contributed by atoms with van der Waals surface area (Å²) in [6, 6.07) is 9.60. The first kappa shape index (κ1) is 12.7. The summed E-state index contributed by atoms with van der Waals surface area (Å²) in [6.45, 7) is 2.09. The second kappa shape index (κ2) is 4.63. The van der Waals surface area contributed by atoms with Gasteiger partial charge in [0.1, 0.15) is 29.1 Å². The fraction of sp³-hybridized carbons (Fsp3) is 0.250. The Morgan fingerprint density at radius 1 is 0.950 bits per heavy atom. The zero-order valence-electron chi connectivity index (χ0n) is 11.1. The Labute approximate surface area is 116 Å². The van der Waals surface area contributed by atoms with Crippen molar-refractivity contribution in [2.24, 2.45) is 0 Å². The molecule has 1 aliphatic heterocycles. The summed E-state index contributed by atoms with van der Waals surface area (Å²) < 4.78 is 5.89. The zero-order valence-corrected chi connectivity index (χ0v) is 11.1. The second-order valence-electron chi connectivity index (χ2n) is 5.21. The van der Waals surface area contributed by atoms with E-state index in [1.54, 1.807) is 18.2 Å². The average Bonchev–Trinajstić information content (AvgIpc) is 2.37. The highest BCUT2D eigenvalue weighted by Crippen LogP contribution is 2.45. The fourth-order valence-corrected chi connectivity index (χ4v) is 2.68. The SMILES string of the molecule is C[C@@H]1C[C@@H](c2ccc(O)cc2O)Oc2cc(O)ccc21. The van der Waals surface area contributed by atoms with E-state index < -0.39 is 0 Å². The highest BCUT2D eigenvalue weighted by Gasteiger charge is 2.28. The molecule has 3 N–H and O–H groups in total. The standard InChI is InChI=1S/C16H16O4/c1-9-6-15(13-5-3-10(17)7-14(13)19)20-16-8-11(18)2-4-12(9)16/h2-5,7-9,15,17-19H,6H2,1H3/t9-,15+/m1/s1. The van der Waals surface area contributed by atoms with Gasteiger partial charge in [0.05, 0.1) is 0 Å². The van der Waals surface area contributed by atoms with Gasteiger partial charge in [-0.05, 0) is 36.1 Å². The summed E-state index contributed by atoms with van der Waals surface area (Å²) in [5.74, 6) is 1.10. The van der Waals surface area contributed by atoms with Crippen LogP contribution in [-0.2, 0) is 0 Å². The molecule has 4 nitrogen and oxygen atoms in total. The molecular weight excluding hydrogens is 256 g/mol. The van der Waals surface area contributed by atoms with Gasteiger partial charge in [-0.2, -0.15) is 0 Å². The highest BCUT2D eigenvalue weighted by molar-refractivity contribution is 5.46. The number of aromatic hydroxyl groups is 3. The Morgan fingerprint density at radius 3 is 2.30 bits per heavy atom. The molecule has 2 aromatic carbocycles. The van der Waals surface area contributed by atoms with Gasteiger partial charge in [-0.15, -0.1) is 0 Å². The van der Waals surface area contributed by atoms with Gasteiger partial charge in [-0.3, -0.25) is 0 Å². The van der Waals surface area contributed by atoms with Crippen molar-refractivity contribution >= 4 is 0 Å². The molecule has 0 radical (unpaired) electrons. The van der Waals surface area contributed by atoms with Crippen molar-refractivity contribution in [3.8, 4) is 23.0 Å². The molecule has 0 saturated carbocycles. The van der Waals surface area contributed by atoms with Gasteiger partial charge in [0.2, 0.25) is 0 Å². The Bertz CT molecular complexity index is 651. The first-order valence-corrected chi connectivity index (χ1v) is 6.56. The summed E-state index contributed by atoms with van der Waals surface area (Å²) in [6.07, 6.45) is 0.440. The maximum absolute atomic E-state index is 9.94. The van der Waals surface area contributed by atoms with E-state index >= 15 is 0 Å². The van der Waals surface area contributed by atoms with Crippen LogP contribution in [0.3, 0.4) is 0 Å². The summed E-state index contributed by atoms with van der Waals surface area (Å²) in [5, 5.41) is 28.9. The van der Waals surface area contributed by atoms with Crippen LogP contribution in [0.15, 0.2) is 36.4 Å². The monoisotopic (exact) mass is 272 g/mol. The van der Waals surface area contributed by atoms with Crippen molar-refractivity contribution in [3.05, 3.63) is 47.5 Å². The Hall–Kier alpha value is -2.36. The van der Waals surface area contributed by atoms with Crippen LogP contribution in [-0.4, -0.2) is 15.3 Å². The van der Waals surface area contributed by atoms with Crippen LogP contribution in [0.4, 0.5) is 0 Å². The van der Waals surface area contributed by atoms with Gasteiger partial charge in [-0.1, -0.05) is 13.0 Å². The first-order valence-electron chi connectivity index (χ1n) is 6.56. The molecule has 1 heterocycles. The molecule has 0 saturated heterocycles. The highest BCUT2D eigenvalue weighted by atomic mass is 16.5. The van der Waals surface area contributed by atoms with Crippen molar-refractivity contribution in [2.75, 3.05) is 0 Å². The van der Waals surface area contributed by atoms with E-state index in [4.69, 9.17) is 4.74 Å². The summed E-state index contributed by atoms with van der Waals surface area (Å²) in [5.41, 5.74) is 1.70. The topological polar surface area (TPSA) is 69.9 Å². The molecule has 104 valence electrons. The quantitative estimate of drug-likeness (QED) is 0.743. The molecule has 0 aliphatic carbocycles. The van der Waals surface area contributed by atoms with Gasteiger partial charge in [0.25, 0.3) is 0 Å². The molecule has 0 fully saturated rings. The predicted octanol–water partition coefficient (Wildman–Crippen LogP) is 3.43. The Balaban J connectivity index is 1.98. The maximum atomic E-state index is 9.94. The van der Waals surface area contributed by atoms with E-state index in [-0.39, 0.29) is 29.3 Å². The zero-order chi connectivity index (χ0) is 14.3. The van der Waals surface area contributed by atoms with Crippen molar-refractivity contribution in [1.29, 1.82) is 0 Å². The van der Waals surface area contributed by atoms with E-state index in [2.05, 4.69) is 6.92 Å². The molecule has 0 bridgehead atoms. The van der Waals surface area contributed by atoms with Gasteiger partial charge in [0.15, 0.2) is 0 Å². The minimum Gasteiger partial charge on any atom is -0.508 e. The third-order valence-electron chi connectivity index (χ3n) is 3.73. The molecule has 4 heteroatoms. The summed E-state index contributed by atoms with van der Waals surface area (Å²) in [7, 11) is 0. The van der Waals surface area contributed by atoms with Crippen LogP contribution in [0.1, 0.15) is 36.5 Å². The molecule has 0 unspecified atom stereocenters. The molecule has 2 atom stereocenters. The molecule has 0 spiro atoms. The third-order valence-corrected chi connectivity index (χ3v) is 3.73. The molecule has 0 amide bonds. The van der Waals surface area contributed by atoms with E-state index in [0.717, 1.165) is 12.0 Å². The van der Waals surface area contributed by atoms with Crippen molar-refractivity contribution in [1.82, 2.24) is 0 Å². The number of benzene rings is 2. The average molecular weight is 272 g/mol. The Morgan fingerprint density at radius 2 is 1.60 bits per heavy atom. The lowest BCUT2D eigenvalue weighted by Gasteiger charge is -2.31. The number of phenols is 3. The largest absolute Gasteiger partial charge is 0.508 e.